The van der Waals surface area contributed by atoms with Gasteiger partial charge in [0.05, 0.1) is 56.4 Å². The fourth-order valence-corrected chi connectivity index (χ4v) is 7.87. The van der Waals surface area contributed by atoms with Crippen molar-refractivity contribution in [2.24, 2.45) is 0 Å². The Bertz CT molecular complexity index is 3040. The zero-order valence-electron chi connectivity index (χ0n) is 26.2. The molecule has 0 bridgehead atoms. The molecule has 0 saturated heterocycles. The summed E-state index contributed by atoms with van der Waals surface area (Å²) >= 11 is 0. The third kappa shape index (κ3) is 3.73. The summed E-state index contributed by atoms with van der Waals surface area (Å²) in [6.45, 7) is 0. The summed E-state index contributed by atoms with van der Waals surface area (Å²) in [6, 6.07) is 57.0. The maximum absolute atomic E-state index is 10.0. The molecular formula is C44H25N5. The van der Waals surface area contributed by atoms with Crippen molar-refractivity contribution >= 4 is 65.4 Å². The molecule has 0 saturated carbocycles. The monoisotopic (exact) mass is 623 g/mol. The molecule has 49 heavy (non-hydrogen) atoms. The molecule has 0 aliphatic rings. The van der Waals surface area contributed by atoms with Crippen LogP contribution in [0.5, 0.6) is 0 Å². The van der Waals surface area contributed by atoms with Gasteiger partial charge < -0.3 is 13.7 Å². The molecule has 0 aliphatic heterocycles. The van der Waals surface area contributed by atoms with E-state index < -0.39 is 0 Å². The third-order valence-electron chi connectivity index (χ3n) is 9.86. The predicted octanol–water partition coefficient (Wildman–Crippen LogP) is 10.7. The van der Waals surface area contributed by atoms with Crippen molar-refractivity contribution < 1.29 is 0 Å². The van der Waals surface area contributed by atoms with E-state index in [1.165, 1.54) is 5.39 Å². The number of nitriles is 2. The largest absolute Gasteiger partial charge is 0.309 e. The first-order chi connectivity index (χ1) is 24.2. The maximum Gasteiger partial charge on any atom is 0.0991 e. The third-order valence-corrected chi connectivity index (χ3v) is 9.86. The summed E-state index contributed by atoms with van der Waals surface area (Å²) in [7, 11) is 0. The van der Waals surface area contributed by atoms with Gasteiger partial charge in [0.2, 0.25) is 0 Å². The SMILES string of the molecule is N#Cc1ccc(-n2c3c(ccc4c3c3ccccc3n4-c3ccccc3)c3ccc4c(c5cc(C#N)ccc5n4-c4ccccc4)c32)cc1. The second kappa shape index (κ2) is 10.2. The van der Waals surface area contributed by atoms with E-state index >= 15 is 0 Å². The normalized spacial score (nSPS) is 11.6. The van der Waals surface area contributed by atoms with Crippen molar-refractivity contribution in [3.8, 4) is 29.2 Å². The zero-order chi connectivity index (χ0) is 32.6. The van der Waals surface area contributed by atoms with Crippen molar-refractivity contribution in [1.82, 2.24) is 13.7 Å². The highest BCUT2D eigenvalue weighted by molar-refractivity contribution is 6.31. The lowest BCUT2D eigenvalue weighted by molar-refractivity contribution is 1.17. The fraction of sp³-hybridized carbons (Fsp3) is 0. The number of para-hydroxylation sites is 3. The minimum atomic E-state index is 0.611. The summed E-state index contributed by atoms with van der Waals surface area (Å²) in [5, 5.41) is 26.4. The summed E-state index contributed by atoms with van der Waals surface area (Å²) in [5.74, 6) is 0. The first-order valence-corrected chi connectivity index (χ1v) is 16.2. The van der Waals surface area contributed by atoms with E-state index in [0.717, 1.165) is 77.1 Å². The van der Waals surface area contributed by atoms with Crippen LogP contribution in [-0.4, -0.2) is 13.7 Å². The molecule has 5 heteroatoms. The minimum absolute atomic E-state index is 0.611. The molecule has 5 nitrogen and oxygen atoms in total. The van der Waals surface area contributed by atoms with E-state index in [1.54, 1.807) is 0 Å². The van der Waals surface area contributed by atoms with Gasteiger partial charge >= 0.3 is 0 Å². The van der Waals surface area contributed by atoms with Crippen molar-refractivity contribution in [1.29, 1.82) is 10.5 Å². The first-order valence-electron chi connectivity index (χ1n) is 16.2. The summed E-state index contributed by atoms with van der Waals surface area (Å²) in [5.41, 5.74) is 10.9. The van der Waals surface area contributed by atoms with Crippen LogP contribution in [0.2, 0.25) is 0 Å². The van der Waals surface area contributed by atoms with E-state index in [-0.39, 0.29) is 0 Å². The molecule has 3 aromatic heterocycles. The molecule has 0 aliphatic carbocycles. The Hall–Kier alpha value is -7.08. The van der Waals surface area contributed by atoms with Gasteiger partial charge in [-0.05, 0) is 84.9 Å². The molecule has 0 atom stereocenters. The smallest absolute Gasteiger partial charge is 0.0991 e. The summed E-state index contributed by atoms with van der Waals surface area (Å²) in [4.78, 5) is 0. The highest BCUT2D eigenvalue weighted by atomic mass is 15.0. The fourth-order valence-electron chi connectivity index (χ4n) is 7.87. The molecule has 10 rings (SSSR count). The molecule has 3 heterocycles. The number of fused-ring (bicyclic) bond motifs is 11. The van der Waals surface area contributed by atoms with Gasteiger partial charge in [0.15, 0.2) is 0 Å². The van der Waals surface area contributed by atoms with Gasteiger partial charge in [0, 0.05) is 49.4 Å². The number of hydrogen-bond acceptors (Lipinski definition) is 2. The average Bonchev–Trinajstić information content (AvgIpc) is 3.80. The Labute approximate surface area is 280 Å². The maximum atomic E-state index is 10.0. The number of rotatable bonds is 3. The molecule has 0 unspecified atom stereocenters. The van der Waals surface area contributed by atoms with Gasteiger partial charge in [0.25, 0.3) is 0 Å². The van der Waals surface area contributed by atoms with Crippen LogP contribution < -0.4 is 0 Å². The zero-order valence-corrected chi connectivity index (χ0v) is 26.2. The van der Waals surface area contributed by atoms with Crippen molar-refractivity contribution in [2.75, 3.05) is 0 Å². The molecule has 7 aromatic carbocycles. The van der Waals surface area contributed by atoms with Crippen molar-refractivity contribution in [3.63, 3.8) is 0 Å². The predicted molar refractivity (Wildman–Crippen MR) is 199 cm³/mol. The summed E-state index contributed by atoms with van der Waals surface area (Å²) in [6.07, 6.45) is 0. The number of aromatic nitrogens is 3. The lowest BCUT2D eigenvalue weighted by Crippen LogP contribution is -1.96. The number of hydrogen-bond donors (Lipinski definition) is 0. The van der Waals surface area contributed by atoms with Gasteiger partial charge in [-0.25, -0.2) is 0 Å². The van der Waals surface area contributed by atoms with Crippen LogP contribution in [0.3, 0.4) is 0 Å². The highest BCUT2D eigenvalue weighted by Crippen LogP contribution is 2.46. The Morgan fingerprint density at radius 3 is 1.41 bits per heavy atom. The Kier molecular flexibility index (Phi) is 5.64. The van der Waals surface area contributed by atoms with Crippen LogP contribution in [0.15, 0.2) is 152 Å². The van der Waals surface area contributed by atoms with Crippen LogP contribution in [0.1, 0.15) is 11.1 Å². The average molecular weight is 624 g/mol. The molecule has 10 aromatic rings. The highest BCUT2D eigenvalue weighted by Gasteiger charge is 2.24. The molecule has 0 N–H and O–H groups in total. The molecule has 0 fully saturated rings. The lowest BCUT2D eigenvalue weighted by Gasteiger charge is -2.11. The van der Waals surface area contributed by atoms with Crippen LogP contribution in [0.4, 0.5) is 0 Å². The van der Waals surface area contributed by atoms with Crippen LogP contribution in [0, 0.1) is 22.7 Å². The van der Waals surface area contributed by atoms with Gasteiger partial charge in [-0.1, -0.05) is 66.7 Å². The molecule has 0 spiro atoms. The van der Waals surface area contributed by atoms with E-state index in [9.17, 15) is 10.5 Å². The topological polar surface area (TPSA) is 62.4 Å². The molecular weight excluding hydrogens is 599 g/mol. The first kappa shape index (κ1) is 27.1. The van der Waals surface area contributed by atoms with E-state index in [4.69, 9.17) is 0 Å². The van der Waals surface area contributed by atoms with E-state index in [1.807, 2.05) is 48.5 Å². The Balaban J connectivity index is 1.48. The molecule has 0 amide bonds. The Morgan fingerprint density at radius 2 is 0.816 bits per heavy atom. The quantitative estimate of drug-likeness (QED) is 0.197. The number of benzene rings is 7. The van der Waals surface area contributed by atoms with Gasteiger partial charge in [-0.3, -0.25) is 0 Å². The van der Waals surface area contributed by atoms with E-state index in [0.29, 0.717) is 11.1 Å². The van der Waals surface area contributed by atoms with Crippen LogP contribution in [0.25, 0.3) is 82.5 Å². The molecule has 226 valence electrons. The second-order valence-corrected chi connectivity index (χ2v) is 12.4. The lowest BCUT2D eigenvalue weighted by atomic mass is 10.1. The second-order valence-electron chi connectivity index (χ2n) is 12.4. The van der Waals surface area contributed by atoms with Gasteiger partial charge in [0.1, 0.15) is 0 Å². The molecule has 0 radical (unpaired) electrons. The minimum Gasteiger partial charge on any atom is -0.309 e. The van der Waals surface area contributed by atoms with Crippen molar-refractivity contribution in [2.45, 2.75) is 0 Å². The Morgan fingerprint density at radius 1 is 0.347 bits per heavy atom. The summed E-state index contributed by atoms with van der Waals surface area (Å²) < 4.78 is 7.02. The van der Waals surface area contributed by atoms with Crippen molar-refractivity contribution in [3.05, 3.63) is 163 Å². The standard InChI is InChI=1S/C44H25N5/c45-26-28-15-18-32(19-16-28)49-43-33(20-23-39-41(43)35-13-7-8-14-37(35)47(39)30-9-3-1-4-10-30)34-21-24-40-42(44(34)49)36-25-29(27-46)17-22-38(36)48(40)31-11-5-2-6-12-31/h1-25H. The van der Waals surface area contributed by atoms with Crippen LogP contribution in [-0.2, 0) is 0 Å². The van der Waals surface area contributed by atoms with E-state index in [2.05, 4.69) is 129 Å². The number of nitrogens with zero attached hydrogens (tertiary/aromatic N) is 5. The van der Waals surface area contributed by atoms with Crippen LogP contribution >= 0.6 is 0 Å². The van der Waals surface area contributed by atoms with Gasteiger partial charge in [-0.15, -0.1) is 0 Å². The van der Waals surface area contributed by atoms with Gasteiger partial charge in [-0.2, -0.15) is 10.5 Å².